The van der Waals surface area contributed by atoms with Gasteiger partial charge in [-0.25, -0.2) is 9.97 Å². The summed E-state index contributed by atoms with van der Waals surface area (Å²) >= 11 is 1.34. The first-order chi connectivity index (χ1) is 16.3. The summed E-state index contributed by atoms with van der Waals surface area (Å²) in [7, 11) is 0. The van der Waals surface area contributed by atoms with Crippen molar-refractivity contribution in [1.82, 2.24) is 9.97 Å². The zero-order valence-electron chi connectivity index (χ0n) is 17.8. The van der Waals surface area contributed by atoms with Crippen molar-refractivity contribution in [3.05, 3.63) is 109 Å². The van der Waals surface area contributed by atoms with Gasteiger partial charge in [0.15, 0.2) is 5.16 Å². The minimum atomic E-state index is -0.0914. The lowest BCUT2D eigenvalue weighted by atomic mass is 10.1. The summed E-state index contributed by atoms with van der Waals surface area (Å²) in [5.74, 6) is 0.127. The molecule has 0 radical (unpaired) electrons. The molecule has 0 aliphatic rings. The van der Waals surface area contributed by atoms with Crippen LogP contribution in [0.4, 0.5) is 5.69 Å². The van der Waals surface area contributed by atoms with Crippen molar-refractivity contribution in [3.63, 3.8) is 0 Å². The summed E-state index contributed by atoms with van der Waals surface area (Å²) in [4.78, 5) is 22.2. The predicted octanol–water partition coefficient (Wildman–Crippen LogP) is 6.69. The van der Waals surface area contributed by atoms with E-state index in [-0.39, 0.29) is 11.7 Å². The Kier molecular flexibility index (Phi) is 6.13. The lowest BCUT2D eigenvalue weighted by molar-refractivity contribution is -0.113. The number of amides is 1. The van der Waals surface area contributed by atoms with Crippen LogP contribution in [0.25, 0.3) is 33.3 Å². The molecule has 5 rings (SSSR count). The van der Waals surface area contributed by atoms with Gasteiger partial charge < -0.3 is 5.32 Å². The highest BCUT2D eigenvalue weighted by Crippen LogP contribution is 2.27. The van der Waals surface area contributed by atoms with E-state index in [2.05, 4.69) is 5.32 Å². The first kappa shape index (κ1) is 20.9. The molecule has 4 nitrogen and oxygen atoms in total. The maximum Gasteiger partial charge on any atom is 0.234 e. The molecule has 0 fully saturated rings. The Bertz CT molecular complexity index is 1340. The second-order valence-corrected chi connectivity index (χ2v) is 8.46. The summed E-state index contributed by atoms with van der Waals surface area (Å²) < 4.78 is 0. The van der Waals surface area contributed by atoms with Crippen molar-refractivity contribution in [2.24, 2.45) is 0 Å². The molecule has 5 heteroatoms. The number of nitrogens with zero attached hydrogens (tertiary/aromatic N) is 2. The SMILES string of the molecule is O=C(CSc1nc(-c2ccccc2)cc(-c2ccccc2)n1)Nc1cccc2ccccc12. The van der Waals surface area contributed by atoms with Gasteiger partial charge in [-0.15, -0.1) is 0 Å². The van der Waals surface area contributed by atoms with Crippen LogP contribution in [-0.4, -0.2) is 21.6 Å². The van der Waals surface area contributed by atoms with Crippen LogP contribution in [0.1, 0.15) is 0 Å². The molecule has 1 heterocycles. The number of anilines is 1. The summed E-state index contributed by atoms with van der Waals surface area (Å²) in [5, 5.41) is 5.72. The van der Waals surface area contributed by atoms with E-state index in [0.29, 0.717) is 5.16 Å². The highest BCUT2D eigenvalue weighted by molar-refractivity contribution is 7.99. The van der Waals surface area contributed by atoms with Crippen LogP contribution in [0, 0.1) is 0 Å². The maximum atomic E-state index is 12.8. The van der Waals surface area contributed by atoms with E-state index in [1.807, 2.05) is 109 Å². The van der Waals surface area contributed by atoms with Crippen molar-refractivity contribution >= 4 is 34.1 Å². The minimum absolute atomic E-state index is 0.0914. The van der Waals surface area contributed by atoms with Gasteiger partial charge in [0.25, 0.3) is 0 Å². The molecule has 0 saturated heterocycles. The van der Waals surface area contributed by atoms with Crippen molar-refractivity contribution in [2.75, 3.05) is 11.1 Å². The van der Waals surface area contributed by atoms with E-state index >= 15 is 0 Å². The summed E-state index contributed by atoms with van der Waals surface area (Å²) in [6.07, 6.45) is 0. The third kappa shape index (κ3) is 4.94. The quantitative estimate of drug-likeness (QED) is 0.233. The second-order valence-electron chi connectivity index (χ2n) is 7.52. The zero-order valence-corrected chi connectivity index (χ0v) is 18.6. The molecule has 1 amide bonds. The predicted molar refractivity (Wildman–Crippen MR) is 136 cm³/mol. The molecule has 0 atom stereocenters. The molecule has 0 aliphatic carbocycles. The number of carbonyl (C=O) groups is 1. The molecular formula is C28H21N3OS. The van der Waals surface area contributed by atoms with E-state index < -0.39 is 0 Å². The number of rotatable bonds is 6. The summed E-state index contributed by atoms with van der Waals surface area (Å²) in [6, 6.07) is 35.9. The van der Waals surface area contributed by atoms with Crippen LogP contribution in [0.2, 0.25) is 0 Å². The molecule has 0 spiro atoms. The number of thioether (sulfide) groups is 1. The third-order valence-electron chi connectivity index (χ3n) is 5.24. The van der Waals surface area contributed by atoms with Gasteiger partial charge in [0.1, 0.15) is 0 Å². The smallest absolute Gasteiger partial charge is 0.234 e. The number of fused-ring (bicyclic) bond motifs is 1. The van der Waals surface area contributed by atoms with E-state index in [4.69, 9.17) is 9.97 Å². The van der Waals surface area contributed by atoms with Gasteiger partial charge in [0, 0.05) is 22.2 Å². The second kappa shape index (κ2) is 9.67. The summed E-state index contributed by atoms with van der Waals surface area (Å²) in [5.41, 5.74) is 4.50. The molecule has 0 saturated carbocycles. The fourth-order valence-electron chi connectivity index (χ4n) is 3.65. The Morgan fingerprint density at radius 3 is 1.94 bits per heavy atom. The third-order valence-corrected chi connectivity index (χ3v) is 6.09. The largest absolute Gasteiger partial charge is 0.325 e. The lowest BCUT2D eigenvalue weighted by Crippen LogP contribution is -2.14. The Morgan fingerprint density at radius 1 is 0.697 bits per heavy atom. The normalized spacial score (nSPS) is 10.8. The zero-order chi connectivity index (χ0) is 22.5. The number of benzene rings is 4. The number of hydrogen-bond acceptors (Lipinski definition) is 4. The van der Waals surface area contributed by atoms with Crippen molar-refractivity contribution in [3.8, 4) is 22.5 Å². The first-order valence-electron chi connectivity index (χ1n) is 10.7. The molecule has 160 valence electrons. The lowest BCUT2D eigenvalue weighted by Gasteiger charge is -2.10. The fourth-order valence-corrected chi connectivity index (χ4v) is 4.31. The molecule has 0 unspecified atom stereocenters. The van der Waals surface area contributed by atoms with Gasteiger partial charge >= 0.3 is 0 Å². The maximum absolute atomic E-state index is 12.8. The van der Waals surface area contributed by atoms with E-state index in [1.165, 1.54) is 11.8 Å². The minimum Gasteiger partial charge on any atom is -0.325 e. The van der Waals surface area contributed by atoms with E-state index in [1.54, 1.807) is 0 Å². The van der Waals surface area contributed by atoms with Gasteiger partial charge in [-0.3, -0.25) is 4.79 Å². The van der Waals surface area contributed by atoms with Crippen LogP contribution >= 0.6 is 11.8 Å². The molecule has 4 aromatic carbocycles. The van der Waals surface area contributed by atoms with Crippen LogP contribution < -0.4 is 5.32 Å². The van der Waals surface area contributed by atoms with Gasteiger partial charge in [-0.05, 0) is 17.5 Å². The Hall–Kier alpha value is -3.96. The fraction of sp³-hybridized carbons (Fsp3) is 0.0357. The molecule has 1 aromatic heterocycles. The van der Waals surface area contributed by atoms with E-state index in [0.717, 1.165) is 39.0 Å². The average molecular weight is 448 g/mol. The molecule has 1 N–H and O–H groups in total. The Labute approximate surface area is 196 Å². The van der Waals surface area contributed by atoms with Crippen molar-refractivity contribution < 1.29 is 4.79 Å². The number of hydrogen-bond donors (Lipinski definition) is 1. The molecule has 5 aromatic rings. The summed E-state index contributed by atoms with van der Waals surface area (Å²) in [6.45, 7) is 0. The molecule has 0 aliphatic heterocycles. The molecule has 0 bridgehead atoms. The van der Waals surface area contributed by atoms with Crippen LogP contribution in [0.3, 0.4) is 0 Å². The number of carbonyl (C=O) groups excluding carboxylic acids is 1. The average Bonchev–Trinajstić information content (AvgIpc) is 2.88. The van der Waals surface area contributed by atoms with Gasteiger partial charge in [0.2, 0.25) is 5.91 Å². The van der Waals surface area contributed by atoms with E-state index in [9.17, 15) is 4.79 Å². The van der Waals surface area contributed by atoms with Crippen molar-refractivity contribution in [1.29, 1.82) is 0 Å². The molecule has 33 heavy (non-hydrogen) atoms. The Balaban J connectivity index is 1.39. The van der Waals surface area contributed by atoms with Crippen LogP contribution in [0.5, 0.6) is 0 Å². The van der Waals surface area contributed by atoms with Crippen LogP contribution in [-0.2, 0) is 4.79 Å². The Morgan fingerprint density at radius 2 is 1.27 bits per heavy atom. The monoisotopic (exact) mass is 447 g/mol. The van der Waals surface area contributed by atoms with Crippen molar-refractivity contribution in [2.45, 2.75) is 5.16 Å². The standard InChI is InChI=1S/C28H21N3OS/c32-27(29-24-17-9-15-20-10-7-8-16-23(20)24)19-33-28-30-25(21-11-3-1-4-12-21)18-26(31-28)22-13-5-2-6-14-22/h1-18H,19H2,(H,29,32). The van der Waals surface area contributed by atoms with Crippen LogP contribution in [0.15, 0.2) is 114 Å². The number of aromatic nitrogens is 2. The van der Waals surface area contributed by atoms with Gasteiger partial charge in [-0.1, -0.05) is 109 Å². The molecular weight excluding hydrogens is 426 g/mol. The first-order valence-corrected chi connectivity index (χ1v) is 11.7. The number of nitrogens with one attached hydrogen (secondary N) is 1. The topological polar surface area (TPSA) is 54.9 Å². The van der Waals surface area contributed by atoms with Gasteiger partial charge in [0.05, 0.1) is 17.1 Å². The van der Waals surface area contributed by atoms with Gasteiger partial charge in [-0.2, -0.15) is 0 Å². The highest BCUT2D eigenvalue weighted by Gasteiger charge is 2.12. The highest BCUT2D eigenvalue weighted by atomic mass is 32.2.